The van der Waals surface area contributed by atoms with Gasteiger partial charge in [-0.05, 0) is 100.0 Å². The summed E-state index contributed by atoms with van der Waals surface area (Å²) >= 11 is 0. The molecule has 0 aromatic carbocycles. The first-order valence-electron chi connectivity index (χ1n) is 20.4. The molecule has 3 aliphatic heterocycles. The predicted molar refractivity (Wildman–Crippen MR) is 186 cm³/mol. The number of carbonyl (C=O) groups excluding carboxylic acids is 1. The summed E-state index contributed by atoms with van der Waals surface area (Å²) in [5.74, 6) is 1.75. The highest BCUT2D eigenvalue weighted by Gasteiger charge is 2.86. The number of allylic oxidation sites excluding steroid dienone is 1. The molecule has 4 bridgehead atoms. The molecule has 268 valence electrons. The van der Waals surface area contributed by atoms with Gasteiger partial charge >= 0.3 is 5.97 Å². The molecule has 0 radical (unpaired) electrons. The molecular formula is C41H64N2O5. The molecule has 1 N–H and O–H groups in total. The van der Waals surface area contributed by atoms with Crippen LogP contribution in [0.25, 0.3) is 0 Å². The Morgan fingerprint density at radius 2 is 1.79 bits per heavy atom. The summed E-state index contributed by atoms with van der Waals surface area (Å²) < 4.78 is 13.3. The van der Waals surface area contributed by atoms with E-state index in [1.807, 2.05) is 0 Å². The molecular weight excluding hydrogens is 600 g/mol. The van der Waals surface area contributed by atoms with E-state index in [1.54, 1.807) is 0 Å². The molecule has 10 atom stereocenters. The smallest absolute Gasteiger partial charge is 0.315 e. The quantitative estimate of drug-likeness (QED) is 0.214. The van der Waals surface area contributed by atoms with Crippen LogP contribution < -0.4 is 0 Å². The molecule has 0 aromatic heterocycles. The van der Waals surface area contributed by atoms with Crippen molar-refractivity contribution in [3.05, 3.63) is 11.6 Å². The van der Waals surface area contributed by atoms with Crippen molar-refractivity contribution in [2.24, 2.45) is 57.7 Å². The topological polar surface area (TPSA) is 79.3 Å². The van der Waals surface area contributed by atoms with Crippen LogP contribution in [0.1, 0.15) is 111 Å². The summed E-state index contributed by atoms with van der Waals surface area (Å²) in [5.41, 5.74) is -1.43. The maximum absolute atomic E-state index is 14.2. The van der Waals surface area contributed by atoms with Gasteiger partial charge in [-0.3, -0.25) is 9.69 Å². The van der Waals surface area contributed by atoms with E-state index in [-0.39, 0.29) is 30.0 Å². The highest BCUT2D eigenvalue weighted by molar-refractivity contribution is 5.90. The fourth-order valence-corrected chi connectivity index (χ4v) is 14.1. The summed E-state index contributed by atoms with van der Waals surface area (Å²) in [6.45, 7) is 14.0. The Balaban J connectivity index is 1.10. The number of fused-ring (bicyclic) bond motifs is 2. The number of piperidine rings is 1. The summed E-state index contributed by atoms with van der Waals surface area (Å²) in [6.07, 6.45) is 19.7. The number of hydrogen-bond donors (Lipinski definition) is 1. The van der Waals surface area contributed by atoms with E-state index in [0.29, 0.717) is 30.2 Å². The molecule has 8 aliphatic rings. The number of carbonyl (C=O) groups is 2. The third-order valence-electron chi connectivity index (χ3n) is 16.1. The first-order valence-corrected chi connectivity index (χ1v) is 20.4. The molecule has 7 fully saturated rings. The molecule has 4 unspecified atom stereocenters. The predicted octanol–water partition coefficient (Wildman–Crippen LogP) is 6.84. The zero-order valence-corrected chi connectivity index (χ0v) is 30.3. The zero-order chi connectivity index (χ0) is 33.3. The van der Waals surface area contributed by atoms with Gasteiger partial charge in [0.15, 0.2) is 0 Å². The second kappa shape index (κ2) is 13.0. The van der Waals surface area contributed by atoms with E-state index in [1.165, 1.54) is 51.2 Å². The highest BCUT2D eigenvalue weighted by Crippen LogP contribution is 2.84. The Labute approximate surface area is 289 Å². The highest BCUT2D eigenvalue weighted by atomic mass is 16.5. The molecule has 3 heterocycles. The van der Waals surface area contributed by atoms with Crippen molar-refractivity contribution in [2.75, 3.05) is 45.9 Å². The van der Waals surface area contributed by atoms with Crippen LogP contribution in [0.15, 0.2) is 11.6 Å². The third kappa shape index (κ3) is 4.93. The largest absolute Gasteiger partial charge is 0.481 e. The summed E-state index contributed by atoms with van der Waals surface area (Å²) in [5, 5.41) is 11.7. The van der Waals surface area contributed by atoms with Gasteiger partial charge < -0.3 is 24.3 Å². The molecule has 3 saturated heterocycles. The fourth-order valence-electron chi connectivity index (χ4n) is 14.1. The van der Waals surface area contributed by atoms with Gasteiger partial charge in [0.25, 0.3) is 0 Å². The van der Waals surface area contributed by atoms with E-state index in [0.717, 1.165) is 96.0 Å². The number of hydrogen-bond acceptors (Lipinski definition) is 6. The van der Waals surface area contributed by atoms with Crippen molar-refractivity contribution in [2.45, 2.75) is 129 Å². The van der Waals surface area contributed by atoms with Crippen molar-refractivity contribution < 1.29 is 24.2 Å². The van der Waals surface area contributed by atoms with E-state index in [4.69, 9.17) is 9.47 Å². The van der Waals surface area contributed by atoms with Crippen molar-refractivity contribution in [3.8, 4) is 0 Å². The van der Waals surface area contributed by atoms with Crippen LogP contribution in [-0.2, 0) is 19.1 Å². The van der Waals surface area contributed by atoms with Gasteiger partial charge in [0, 0.05) is 43.6 Å². The average molecular weight is 665 g/mol. The number of carboxylic acid groups (broad SMARTS) is 1. The number of aldehydes is 1. The Morgan fingerprint density at radius 1 is 1.00 bits per heavy atom. The maximum Gasteiger partial charge on any atom is 0.315 e. The standard InChI is InChI=1S/C41H64N2O5/c1-27(2)35-22-31-23-39(26-44)34-11-10-28(3)33(34)24-40(31,41(35,39)38(45)46)37-21-30(36(48-37)20-29-8-5-4-6-9-29)25-42-15-12-32(13-16-42)43-14-7-18-47-19-17-43/h22,26-34,36-37H,4-21,23-25H2,1-3H3,(H,45,46)/t28-,30+,31?,33-,34-,36+,37+,39?,40?,41?/m1/s1. The molecule has 4 saturated carbocycles. The Bertz CT molecular complexity index is 1230. The molecule has 7 heteroatoms. The van der Waals surface area contributed by atoms with Gasteiger partial charge in [0.2, 0.25) is 0 Å². The number of carboxylic acids is 1. The number of aliphatic carboxylic acids is 1. The van der Waals surface area contributed by atoms with E-state index < -0.39 is 22.2 Å². The molecule has 0 spiro atoms. The van der Waals surface area contributed by atoms with Gasteiger partial charge in [0.1, 0.15) is 11.7 Å². The van der Waals surface area contributed by atoms with Crippen molar-refractivity contribution in [1.29, 1.82) is 0 Å². The van der Waals surface area contributed by atoms with Gasteiger partial charge in [-0.15, -0.1) is 0 Å². The molecule has 48 heavy (non-hydrogen) atoms. The van der Waals surface area contributed by atoms with Crippen LogP contribution in [0.4, 0.5) is 0 Å². The van der Waals surface area contributed by atoms with Crippen molar-refractivity contribution in [3.63, 3.8) is 0 Å². The maximum atomic E-state index is 14.2. The summed E-state index contributed by atoms with van der Waals surface area (Å²) in [7, 11) is 0. The lowest BCUT2D eigenvalue weighted by atomic mass is 9.41. The molecule has 5 aliphatic carbocycles. The summed E-state index contributed by atoms with van der Waals surface area (Å²) in [6, 6.07) is 0.664. The zero-order valence-electron chi connectivity index (χ0n) is 30.3. The monoisotopic (exact) mass is 664 g/mol. The lowest BCUT2D eigenvalue weighted by Crippen LogP contribution is -2.65. The third-order valence-corrected chi connectivity index (χ3v) is 16.1. The first kappa shape index (κ1) is 33.8. The number of ether oxygens (including phenoxy) is 2. The SMILES string of the molecule is CC(C)C1=CC2CC3(C=O)[C@@H]4CC[C@@H](C)[C@H]4CC2([C@@H]2C[C@@H](CN4CCC(N5CCCOCC5)CC4)[C@H](CC4CCCCC4)O2)C13C(=O)O. The van der Waals surface area contributed by atoms with E-state index in [2.05, 4.69) is 36.6 Å². The van der Waals surface area contributed by atoms with Gasteiger partial charge in [-0.25, -0.2) is 0 Å². The van der Waals surface area contributed by atoms with Crippen molar-refractivity contribution in [1.82, 2.24) is 9.80 Å². The Morgan fingerprint density at radius 3 is 2.52 bits per heavy atom. The minimum Gasteiger partial charge on any atom is -0.481 e. The van der Waals surface area contributed by atoms with Crippen LogP contribution >= 0.6 is 0 Å². The average Bonchev–Trinajstić information content (AvgIpc) is 3.71. The lowest BCUT2D eigenvalue weighted by molar-refractivity contribution is -0.197. The summed E-state index contributed by atoms with van der Waals surface area (Å²) in [4.78, 5) is 33.3. The normalized spacial score (nSPS) is 45.8. The van der Waals surface area contributed by atoms with Gasteiger partial charge in [0.05, 0.1) is 24.2 Å². The second-order valence-corrected chi connectivity index (χ2v) is 18.3. The van der Waals surface area contributed by atoms with Crippen LogP contribution in [-0.4, -0.2) is 91.3 Å². The van der Waals surface area contributed by atoms with Gasteiger partial charge in [-0.2, -0.15) is 0 Å². The van der Waals surface area contributed by atoms with Crippen molar-refractivity contribution >= 4 is 12.3 Å². The molecule has 0 aromatic rings. The Kier molecular flexibility index (Phi) is 9.20. The minimum atomic E-state index is -1.14. The number of rotatable bonds is 9. The van der Waals surface area contributed by atoms with Crippen LogP contribution in [0.3, 0.4) is 0 Å². The fraction of sp³-hybridized carbons (Fsp3) is 0.902. The van der Waals surface area contributed by atoms with Crippen LogP contribution in [0, 0.1) is 57.7 Å². The molecule has 0 amide bonds. The number of likely N-dealkylation sites (tertiary alicyclic amines) is 1. The first-order chi connectivity index (χ1) is 23.2. The second-order valence-electron chi connectivity index (χ2n) is 18.3. The lowest BCUT2D eigenvalue weighted by Gasteiger charge is -2.60. The Hall–Kier alpha value is -1.28. The molecule has 7 nitrogen and oxygen atoms in total. The van der Waals surface area contributed by atoms with Crippen LogP contribution in [0.5, 0.6) is 0 Å². The van der Waals surface area contributed by atoms with E-state index in [9.17, 15) is 14.7 Å². The minimum absolute atomic E-state index is 0.102. The number of nitrogens with zero attached hydrogens (tertiary/aromatic N) is 2. The van der Waals surface area contributed by atoms with E-state index >= 15 is 0 Å². The van der Waals surface area contributed by atoms with Gasteiger partial charge in [-0.1, -0.05) is 70.9 Å². The van der Waals surface area contributed by atoms with Crippen LogP contribution in [0.2, 0.25) is 0 Å². The molecule has 8 rings (SSSR count).